The van der Waals surface area contributed by atoms with Crippen molar-refractivity contribution in [1.82, 2.24) is 29.9 Å². The van der Waals surface area contributed by atoms with E-state index in [9.17, 15) is 29.1 Å². The number of carbonyl (C=O) groups is 7. The average molecular weight is 971 g/mol. The number of likely N-dealkylation sites (N-methyl/N-ethyl adjacent to an activating group) is 3. The van der Waals surface area contributed by atoms with E-state index in [4.69, 9.17) is 15.7 Å². The lowest BCUT2D eigenvalue weighted by atomic mass is 9.96. The third-order valence-electron chi connectivity index (χ3n) is 12.4. The lowest BCUT2D eigenvalue weighted by molar-refractivity contribution is -0.169. The SMILES string of the molecule is CC(C)C[C@H](NC(=O)[C@H](Cc1cn(Cc2ccccc2)c2ccccc12)N(C)C(=O)[C@H](CC(C)C)NC(=O)[C@H](CC(C)C)N(C)C(=O)[C@@H](N)CC(C)C)C(=O)N(C)[C@@H](C)C(=O)O[C@H](CCC#N)C(=O)O. The summed E-state index contributed by atoms with van der Waals surface area (Å²) in [5.41, 5.74) is 9.00. The van der Waals surface area contributed by atoms with Gasteiger partial charge in [-0.15, -0.1) is 0 Å². The Morgan fingerprint density at radius 3 is 1.71 bits per heavy atom. The maximum absolute atomic E-state index is 15.1. The fraction of sp³-hybridized carbons (Fsp3) is 0.585. The molecular formula is C53H78N8O9. The van der Waals surface area contributed by atoms with Crippen molar-refractivity contribution < 1.29 is 43.4 Å². The number of carbonyl (C=O) groups excluding carboxylic acids is 6. The summed E-state index contributed by atoms with van der Waals surface area (Å²) in [5.74, 6) is -5.34. The second kappa shape index (κ2) is 27.2. The predicted molar refractivity (Wildman–Crippen MR) is 269 cm³/mol. The van der Waals surface area contributed by atoms with Gasteiger partial charge in [-0.05, 0) is 73.5 Å². The minimum atomic E-state index is -1.60. The molecule has 384 valence electrons. The van der Waals surface area contributed by atoms with Crippen LogP contribution in [0.5, 0.6) is 0 Å². The molecule has 0 aliphatic heterocycles. The minimum Gasteiger partial charge on any atom is -0.479 e. The Bertz CT molecular complexity index is 2290. The molecule has 1 heterocycles. The number of benzene rings is 2. The van der Waals surface area contributed by atoms with Crippen LogP contribution in [0.1, 0.15) is 112 Å². The lowest BCUT2D eigenvalue weighted by Gasteiger charge is -2.35. The molecule has 17 heteroatoms. The normalized spacial score (nSPS) is 14.5. The molecule has 5 amide bonds. The van der Waals surface area contributed by atoms with E-state index >= 15 is 9.59 Å². The van der Waals surface area contributed by atoms with E-state index in [2.05, 4.69) is 15.2 Å². The summed E-state index contributed by atoms with van der Waals surface area (Å²) in [6.45, 7) is 17.2. The highest BCUT2D eigenvalue weighted by molar-refractivity contribution is 5.97. The van der Waals surface area contributed by atoms with Crippen molar-refractivity contribution in [3.05, 3.63) is 71.9 Å². The van der Waals surface area contributed by atoms with Crippen LogP contribution in [-0.4, -0.2) is 129 Å². The first-order valence-electron chi connectivity index (χ1n) is 24.4. The highest BCUT2D eigenvalue weighted by Gasteiger charge is 2.39. The maximum atomic E-state index is 15.1. The molecule has 0 unspecified atom stereocenters. The lowest BCUT2D eigenvalue weighted by Crippen LogP contribution is -2.60. The number of nitrogens with zero attached hydrogens (tertiary/aromatic N) is 5. The van der Waals surface area contributed by atoms with Gasteiger partial charge in [-0.2, -0.15) is 5.26 Å². The van der Waals surface area contributed by atoms with Crippen LogP contribution < -0.4 is 16.4 Å². The first-order chi connectivity index (χ1) is 32.9. The van der Waals surface area contributed by atoms with Crippen LogP contribution in [0, 0.1) is 35.0 Å². The van der Waals surface area contributed by atoms with Crippen LogP contribution in [0.15, 0.2) is 60.8 Å². The fourth-order valence-corrected chi connectivity index (χ4v) is 8.50. The van der Waals surface area contributed by atoms with E-state index in [1.165, 1.54) is 30.8 Å². The van der Waals surface area contributed by atoms with Gasteiger partial charge in [0.05, 0.1) is 12.1 Å². The first kappa shape index (κ1) is 58.0. The smallest absolute Gasteiger partial charge is 0.345 e. The standard InChI is InChI=1S/C53H78N8O9/c1-32(2)25-40(55)49(64)59(11)44(28-35(7)8)47(62)57-42(27-34(5)6)51(66)60(12)45(29-38-31-61(30-37-19-14-13-15-20-37)43-22-17-16-21-39(38)43)48(63)56-41(26-33(3)4)50(65)58(10)36(9)53(69)70-46(52(67)68)23-18-24-54/h13-17,19-22,31-36,40-42,44-46H,18,23,25-30,55H2,1-12H3,(H,56,63)(H,57,62)(H,67,68)/t36-,40-,41-,42-,44-,45-,46+/m0/s1. The molecule has 0 saturated carbocycles. The Hall–Kier alpha value is -6.28. The van der Waals surface area contributed by atoms with Crippen LogP contribution in [0.25, 0.3) is 10.9 Å². The topological polar surface area (TPSA) is 237 Å². The number of hydrogen-bond donors (Lipinski definition) is 4. The second-order valence-electron chi connectivity index (χ2n) is 20.3. The van der Waals surface area contributed by atoms with Gasteiger partial charge in [-0.3, -0.25) is 24.0 Å². The van der Waals surface area contributed by atoms with Crippen LogP contribution in [-0.2, 0) is 51.3 Å². The summed E-state index contributed by atoms with van der Waals surface area (Å²) in [6.07, 6.45) is 1.01. The largest absolute Gasteiger partial charge is 0.479 e. The molecule has 1 aromatic heterocycles. The Morgan fingerprint density at radius 1 is 0.686 bits per heavy atom. The summed E-state index contributed by atoms with van der Waals surface area (Å²) in [7, 11) is 4.40. The Morgan fingerprint density at radius 2 is 1.19 bits per heavy atom. The van der Waals surface area contributed by atoms with E-state index in [0.717, 1.165) is 26.9 Å². The average Bonchev–Trinajstić information content (AvgIpc) is 3.64. The monoisotopic (exact) mass is 971 g/mol. The summed E-state index contributed by atoms with van der Waals surface area (Å²) < 4.78 is 7.29. The number of carboxylic acids is 1. The number of nitrogens with one attached hydrogen (secondary N) is 2. The molecule has 0 radical (unpaired) electrons. The number of para-hydroxylation sites is 1. The third kappa shape index (κ3) is 16.7. The number of aliphatic carboxylic acids is 1. The molecule has 0 bridgehead atoms. The second-order valence-corrected chi connectivity index (χ2v) is 20.3. The zero-order valence-corrected chi connectivity index (χ0v) is 43.3. The highest BCUT2D eigenvalue weighted by Crippen LogP contribution is 2.26. The molecule has 5 N–H and O–H groups in total. The molecular weight excluding hydrogens is 893 g/mol. The molecule has 17 nitrogen and oxygen atoms in total. The van der Waals surface area contributed by atoms with Crippen LogP contribution >= 0.6 is 0 Å². The Labute approximate surface area is 414 Å². The van der Waals surface area contributed by atoms with Gasteiger partial charge in [-0.1, -0.05) is 104 Å². The summed E-state index contributed by atoms with van der Waals surface area (Å²) >= 11 is 0. The first-order valence-corrected chi connectivity index (χ1v) is 24.4. The summed E-state index contributed by atoms with van der Waals surface area (Å²) in [6, 6.07) is 12.8. The minimum absolute atomic E-state index is 0.000105. The van der Waals surface area contributed by atoms with E-state index in [1.54, 1.807) is 7.05 Å². The van der Waals surface area contributed by atoms with Gasteiger partial charge in [-0.25, -0.2) is 9.59 Å². The number of hydrogen-bond acceptors (Lipinski definition) is 10. The van der Waals surface area contributed by atoms with Crippen molar-refractivity contribution in [2.75, 3.05) is 21.1 Å². The summed E-state index contributed by atoms with van der Waals surface area (Å²) in [4.78, 5) is 101. The van der Waals surface area contributed by atoms with Gasteiger partial charge in [0, 0.05) is 64.1 Å². The molecule has 70 heavy (non-hydrogen) atoms. The number of nitrogens with two attached hydrogens (primary N) is 1. The molecule has 7 atom stereocenters. The van der Waals surface area contributed by atoms with Crippen molar-refractivity contribution in [2.24, 2.45) is 29.4 Å². The van der Waals surface area contributed by atoms with Gasteiger partial charge in [0.25, 0.3) is 0 Å². The van der Waals surface area contributed by atoms with Gasteiger partial charge in [0.15, 0.2) is 6.10 Å². The van der Waals surface area contributed by atoms with Gasteiger partial charge in [0.2, 0.25) is 29.5 Å². The Balaban J connectivity index is 2.11. The highest BCUT2D eigenvalue weighted by atomic mass is 16.6. The molecule has 3 aromatic rings. The molecule has 2 aromatic carbocycles. The maximum Gasteiger partial charge on any atom is 0.345 e. The fourth-order valence-electron chi connectivity index (χ4n) is 8.50. The quantitative estimate of drug-likeness (QED) is 0.0695. The molecule has 0 aliphatic carbocycles. The zero-order chi connectivity index (χ0) is 52.6. The number of aromatic nitrogens is 1. The van der Waals surface area contributed by atoms with Gasteiger partial charge in [0.1, 0.15) is 30.2 Å². The van der Waals surface area contributed by atoms with Gasteiger partial charge >= 0.3 is 11.9 Å². The predicted octanol–water partition coefficient (Wildman–Crippen LogP) is 5.51. The van der Waals surface area contributed by atoms with Gasteiger partial charge < -0.3 is 45.5 Å². The number of nitriles is 1. The molecule has 0 saturated heterocycles. The number of rotatable bonds is 27. The number of amides is 5. The van der Waals surface area contributed by atoms with Crippen molar-refractivity contribution >= 4 is 52.4 Å². The number of ether oxygens (including phenoxy) is 1. The van der Waals surface area contributed by atoms with Crippen LogP contribution in [0.4, 0.5) is 0 Å². The van der Waals surface area contributed by atoms with Crippen molar-refractivity contribution in [2.45, 2.75) is 156 Å². The number of esters is 1. The third-order valence-corrected chi connectivity index (χ3v) is 12.4. The molecule has 3 rings (SSSR count). The van der Waals surface area contributed by atoms with Crippen molar-refractivity contribution in [3.63, 3.8) is 0 Å². The molecule has 0 spiro atoms. The van der Waals surface area contributed by atoms with E-state index in [1.807, 2.05) is 122 Å². The molecule has 0 aliphatic rings. The van der Waals surface area contributed by atoms with E-state index in [-0.39, 0.29) is 61.7 Å². The van der Waals surface area contributed by atoms with E-state index in [0.29, 0.717) is 19.4 Å². The zero-order valence-electron chi connectivity index (χ0n) is 43.3. The summed E-state index contributed by atoms with van der Waals surface area (Å²) in [5, 5.41) is 25.3. The van der Waals surface area contributed by atoms with E-state index < -0.39 is 77.9 Å². The van der Waals surface area contributed by atoms with Crippen molar-refractivity contribution in [1.29, 1.82) is 5.26 Å². The Kier molecular flexibility index (Phi) is 22.6. The van der Waals surface area contributed by atoms with Crippen LogP contribution in [0.2, 0.25) is 0 Å². The van der Waals surface area contributed by atoms with Crippen molar-refractivity contribution in [3.8, 4) is 6.07 Å². The molecule has 0 fully saturated rings. The number of carboxylic acid groups (broad SMARTS) is 1. The van der Waals surface area contributed by atoms with Crippen LogP contribution in [0.3, 0.4) is 0 Å². The number of fused-ring (bicyclic) bond motifs is 1.